The lowest BCUT2D eigenvalue weighted by Gasteiger charge is -2.37. The van der Waals surface area contributed by atoms with E-state index in [1.165, 1.54) is 0 Å². The van der Waals surface area contributed by atoms with E-state index >= 15 is 0 Å². The summed E-state index contributed by atoms with van der Waals surface area (Å²) < 4.78 is 10.3. The molecule has 86 valence electrons. The maximum absolute atomic E-state index is 11.8. The maximum Gasteiger partial charge on any atom is 0.315 e. The van der Waals surface area contributed by atoms with E-state index in [0.29, 0.717) is 19.6 Å². The second-order valence-corrected chi connectivity index (χ2v) is 4.49. The lowest BCUT2D eigenvalue weighted by Crippen LogP contribution is -2.51. The summed E-state index contributed by atoms with van der Waals surface area (Å²) in [5, 5.41) is 10.4. The Kier molecular flexibility index (Phi) is 2.73. The van der Waals surface area contributed by atoms with Gasteiger partial charge in [0.2, 0.25) is 0 Å². The van der Waals surface area contributed by atoms with Crippen LogP contribution < -0.4 is 0 Å². The normalized spacial score (nSPS) is 33.5. The van der Waals surface area contributed by atoms with Crippen LogP contribution in [0.5, 0.6) is 0 Å². The minimum absolute atomic E-state index is 0.252. The van der Waals surface area contributed by atoms with Crippen LogP contribution in [0.1, 0.15) is 32.6 Å². The minimum atomic E-state index is -0.989. The molecule has 1 N–H and O–H groups in total. The first-order chi connectivity index (χ1) is 7.15. The number of hydrogen-bond donors (Lipinski definition) is 1. The van der Waals surface area contributed by atoms with Crippen LogP contribution in [0.25, 0.3) is 0 Å². The molecule has 0 aromatic rings. The Morgan fingerprint density at radius 1 is 1.47 bits per heavy atom. The summed E-state index contributed by atoms with van der Waals surface area (Å²) in [7, 11) is 0. The van der Waals surface area contributed by atoms with Crippen molar-refractivity contribution < 1.29 is 19.4 Å². The second kappa shape index (κ2) is 3.76. The lowest BCUT2D eigenvalue weighted by atomic mass is 9.80. The molecule has 4 heteroatoms. The van der Waals surface area contributed by atoms with Gasteiger partial charge in [0.25, 0.3) is 0 Å². The summed E-state index contributed by atoms with van der Waals surface area (Å²) in [4.78, 5) is 11.8. The van der Waals surface area contributed by atoms with Crippen LogP contribution >= 0.6 is 0 Å². The van der Waals surface area contributed by atoms with E-state index in [-0.39, 0.29) is 12.6 Å². The molecule has 0 aromatic carbocycles. The number of hydrogen-bond acceptors (Lipinski definition) is 4. The number of aliphatic hydroxyl groups is 1. The molecular weight excluding hydrogens is 196 g/mol. The van der Waals surface area contributed by atoms with E-state index in [9.17, 15) is 9.90 Å². The van der Waals surface area contributed by atoms with Gasteiger partial charge in [-0.05, 0) is 32.6 Å². The molecule has 1 atom stereocenters. The van der Waals surface area contributed by atoms with Gasteiger partial charge in [0.15, 0.2) is 0 Å². The molecule has 0 aromatic heterocycles. The zero-order chi connectivity index (χ0) is 10.9. The van der Waals surface area contributed by atoms with Crippen LogP contribution in [0.2, 0.25) is 0 Å². The Labute approximate surface area is 89.6 Å². The van der Waals surface area contributed by atoms with Crippen molar-refractivity contribution in [3.8, 4) is 0 Å². The fraction of sp³-hybridized carbons (Fsp3) is 0.909. The summed E-state index contributed by atoms with van der Waals surface area (Å²) in [5.41, 5.74) is -1.65. The average Bonchev–Trinajstić information content (AvgIpc) is 3.00. The molecule has 1 heterocycles. The maximum atomic E-state index is 11.8. The Hall–Kier alpha value is -0.610. The summed E-state index contributed by atoms with van der Waals surface area (Å²) >= 11 is 0. The second-order valence-electron chi connectivity index (χ2n) is 4.49. The third-order valence-electron chi connectivity index (χ3n) is 3.53. The van der Waals surface area contributed by atoms with Crippen LogP contribution in [0, 0.1) is 5.41 Å². The van der Waals surface area contributed by atoms with Gasteiger partial charge in [0.1, 0.15) is 5.60 Å². The average molecular weight is 214 g/mol. The minimum Gasteiger partial charge on any atom is -0.465 e. The molecule has 0 amide bonds. The van der Waals surface area contributed by atoms with Crippen molar-refractivity contribution in [1.29, 1.82) is 0 Å². The highest BCUT2D eigenvalue weighted by molar-refractivity contribution is 5.81. The van der Waals surface area contributed by atoms with Gasteiger partial charge in [-0.1, -0.05) is 0 Å². The van der Waals surface area contributed by atoms with Crippen LogP contribution in [0.3, 0.4) is 0 Å². The molecule has 1 saturated heterocycles. The predicted molar refractivity (Wildman–Crippen MR) is 53.3 cm³/mol. The van der Waals surface area contributed by atoms with E-state index in [1.54, 1.807) is 6.92 Å². The first-order valence-corrected chi connectivity index (χ1v) is 5.62. The zero-order valence-corrected chi connectivity index (χ0v) is 9.12. The third-order valence-corrected chi connectivity index (χ3v) is 3.53. The highest BCUT2D eigenvalue weighted by Gasteiger charge is 2.65. The van der Waals surface area contributed by atoms with Crippen molar-refractivity contribution in [1.82, 2.24) is 0 Å². The van der Waals surface area contributed by atoms with Gasteiger partial charge < -0.3 is 14.6 Å². The van der Waals surface area contributed by atoms with Gasteiger partial charge in [-0.25, -0.2) is 0 Å². The Balaban J connectivity index is 2.10. The van der Waals surface area contributed by atoms with Crippen LogP contribution in [-0.2, 0) is 14.3 Å². The monoisotopic (exact) mass is 214 g/mol. The third kappa shape index (κ3) is 1.66. The summed E-state index contributed by atoms with van der Waals surface area (Å²) in [6, 6.07) is 0. The first kappa shape index (κ1) is 10.9. The summed E-state index contributed by atoms with van der Waals surface area (Å²) in [5.74, 6) is -0.252. The van der Waals surface area contributed by atoms with Crippen LogP contribution in [0.15, 0.2) is 0 Å². The number of esters is 1. The molecule has 1 saturated carbocycles. The van der Waals surface area contributed by atoms with Crippen molar-refractivity contribution >= 4 is 5.97 Å². The molecular formula is C11H18O4. The van der Waals surface area contributed by atoms with Crippen molar-refractivity contribution in [2.24, 2.45) is 5.41 Å². The quantitative estimate of drug-likeness (QED) is 0.708. The molecule has 0 bridgehead atoms. The topological polar surface area (TPSA) is 55.8 Å². The Morgan fingerprint density at radius 2 is 2.20 bits per heavy atom. The van der Waals surface area contributed by atoms with E-state index in [1.807, 2.05) is 0 Å². The summed E-state index contributed by atoms with van der Waals surface area (Å²) in [6.45, 7) is 3.11. The number of carbonyl (C=O) groups excluding carboxylic acids is 1. The number of rotatable bonds is 3. The van der Waals surface area contributed by atoms with Crippen molar-refractivity contribution in [2.75, 3.05) is 19.8 Å². The van der Waals surface area contributed by atoms with Crippen molar-refractivity contribution in [3.63, 3.8) is 0 Å². The van der Waals surface area contributed by atoms with Gasteiger partial charge in [0.05, 0.1) is 18.6 Å². The van der Waals surface area contributed by atoms with Gasteiger partial charge in [-0.3, -0.25) is 4.79 Å². The van der Waals surface area contributed by atoms with E-state index in [4.69, 9.17) is 9.47 Å². The van der Waals surface area contributed by atoms with Crippen molar-refractivity contribution in [3.05, 3.63) is 0 Å². The predicted octanol–water partition coefficient (Wildman–Crippen LogP) is 0.871. The fourth-order valence-corrected chi connectivity index (χ4v) is 2.41. The lowest BCUT2D eigenvalue weighted by molar-refractivity contribution is -0.176. The molecule has 15 heavy (non-hydrogen) atoms. The number of carbonyl (C=O) groups is 1. The van der Waals surface area contributed by atoms with E-state index in [2.05, 4.69) is 0 Å². The van der Waals surface area contributed by atoms with Gasteiger partial charge in [-0.2, -0.15) is 0 Å². The fourth-order valence-electron chi connectivity index (χ4n) is 2.41. The molecule has 2 fully saturated rings. The SMILES string of the molecule is CCOC(=O)C1(C2(O)CCCOC2)CC1. The molecule has 1 aliphatic carbocycles. The zero-order valence-electron chi connectivity index (χ0n) is 9.12. The molecule has 2 rings (SSSR count). The van der Waals surface area contributed by atoms with E-state index in [0.717, 1.165) is 19.3 Å². The van der Waals surface area contributed by atoms with Crippen molar-refractivity contribution in [2.45, 2.75) is 38.2 Å². The van der Waals surface area contributed by atoms with E-state index < -0.39 is 11.0 Å². The first-order valence-electron chi connectivity index (χ1n) is 5.62. The largest absolute Gasteiger partial charge is 0.465 e. The summed E-state index contributed by atoms with van der Waals surface area (Å²) in [6.07, 6.45) is 2.92. The Morgan fingerprint density at radius 3 is 2.67 bits per heavy atom. The number of ether oxygens (including phenoxy) is 2. The van der Waals surface area contributed by atoms with Crippen LogP contribution in [-0.4, -0.2) is 36.5 Å². The highest BCUT2D eigenvalue weighted by atomic mass is 16.5. The molecule has 0 radical (unpaired) electrons. The molecule has 0 spiro atoms. The van der Waals surface area contributed by atoms with Gasteiger partial charge in [0, 0.05) is 6.61 Å². The standard InChI is InChI=1S/C11H18O4/c1-2-15-9(12)10(5-6-10)11(13)4-3-7-14-8-11/h13H,2-8H2,1H3. The van der Waals surface area contributed by atoms with Crippen LogP contribution in [0.4, 0.5) is 0 Å². The molecule has 4 nitrogen and oxygen atoms in total. The molecule has 1 aliphatic heterocycles. The molecule has 1 unspecified atom stereocenters. The molecule has 2 aliphatic rings. The van der Waals surface area contributed by atoms with Gasteiger partial charge >= 0.3 is 5.97 Å². The smallest absolute Gasteiger partial charge is 0.315 e. The highest BCUT2D eigenvalue weighted by Crippen LogP contribution is 2.57. The van der Waals surface area contributed by atoms with Gasteiger partial charge in [-0.15, -0.1) is 0 Å². The Bertz CT molecular complexity index is 251.